The maximum atomic E-state index is 12.7. The number of hydrogen-bond donors (Lipinski definition) is 4. The zero-order chi connectivity index (χ0) is 28.5. The molecule has 3 aromatic carbocycles. The molecule has 0 fully saturated rings. The summed E-state index contributed by atoms with van der Waals surface area (Å²) in [6.45, 7) is 3.27. The molecule has 1 unspecified atom stereocenters. The molecular weight excluding hydrogens is 500 g/mol. The molecule has 0 aromatic heterocycles. The van der Waals surface area contributed by atoms with Gasteiger partial charge in [0, 0.05) is 25.3 Å². The lowest BCUT2D eigenvalue weighted by Gasteiger charge is -2.26. The third-order valence-electron chi connectivity index (χ3n) is 6.18. The van der Waals surface area contributed by atoms with Crippen molar-refractivity contribution in [3.63, 3.8) is 0 Å². The molecule has 0 saturated carbocycles. The Kier molecular flexibility index (Phi) is 9.63. The zero-order valence-electron chi connectivity index (χ0n) is 22.3. The molecule has 4 N–H and O–H groups in total. The van der Waals surface area contributed by atoms with Crippen LogP contribution in [0.15, 0.2) is 66.7 Å². The Hall–Kier alpha value is -4.86. The van der Waals surface area contributed by atoms with Crippen LogP contribution in [0.4, 0.5) is 21.9 Å². The average Bonchev–Trinajstić information content (AvgIpc) is 2.89. The Morgan fingerprint density at radius 1 is 0.923 bits per heavy atom. The van der Waals surface area contributed by atoms with Crippen LogP contribution in [0, 0.1) is 6.92 Å². The Labute approximate surface area is 227 Å². The Morgan fingerprint density at radius 3 is 2.21 bits per heavy atom. The fourth-order valence-corrected chi connectivity index (χ4v) is 3.98. The molecule has 0 aliphatic rings. The van der Waals surface area contributed by atoms with E-state index in [1.54, 1.807) is 55.6 Å². The molecule has 10 nitrogen and oxygen atoms in total. The summed E-state index contributed by atoms with van der Waals surface area (Å²) in [6.07, 6.45) is -0.176. The molecule has 0 bridgehead atoms. The van der Waals surface area contributed by atoms with E-state index < -0.39 is 18.0 Å². The SMILES string of the molecule is COc1cc(CC(=O)Nc2ccc(C(CC(=O)O)N(C)C(C)=O)cc2)ccc1NC(=O)Nc1ccccc1C. The van der Waals surface area contributed by atoms with Crippen molar-refractivity contribution in [3.05, 3.63) is 83.4 Å². The van der Waals surface area contributed by atoms with Crippen molar-refractivity contribution < 1.29 is 29.0 Å². The molecule has 0 radical (unpaired) electrons. The first-order chi connectivity index (χ1) is 18.6. The smallest absolute Gasteiger partial charge is 0.323 e. The monoisotopic (exact) mass is 532 g/mol. The van der Waals surface area contributed by atoms with Crippen molar-refractivity contribution in [1.82, 2.24) is 4.90 Å². The number of carboxylic acids is 1. The molecule has 3 rings (SSSR count). The van der Waals surface area contributed by atoms with Gasteiger partial charge in [0.05, 0.1) is 31.7 Å². The third kappa shape index (κ3) is 8.06. The summed E-state index contributed by atoms with van der Waals surface area (Å²) < 4.78 is 5.42. The van der Waals surface area contributed by atoms with Gasteiger partial charge in [0.15, 0.2) is 0 Å². The number of carbonyl (C=O) groups excluding carboxylic acids is 3. The highest BCUT2D eigenvalue weighted by atomic mass is 16.5. The van der Waals surface area contributed by atoms with Crippen molar-refractivity contribution in [2.75, 3.05) is 30.1 Å². The van der Waals surface area contributed by atoms with Crippen molar-refractivity contribution in [2.45, 2.75) is 32.7 Å². The molecule has 0 aliphatic carbocycles. The second kappa shape index (κ2) is 13.1. The number of rotatable bonds is 10. The summed E-state index contributed by atoms with van der Waals surface area (Å²) in [4.78, 5) is 49.6. The lowest BCUT2D eigenvalue weighted by atomic mass is 10.0. The fourth-order valence-electron chi connectivity index (χ4n) is 3.98. The Balaban J connectivity index is 1.63. The second-order valence-corrected chi connectivity index (χ2v) is 9.02. The van der Waals surface area contributed by atoms with E-state index in [-0.39, 0.29) is 24.7 Å². The van der Waals surface area contributed by atoms with Crippen LogP contribution < -0.4 is 20.7 Å². The molecule has 10 heteroatoms. The number of para-hydroxylation sites is 1. The number of nitrogens with one attached hydrogen (secondary N) is 3. The third-order valence-corrected chi connectivity index (χ3v) is 6.18. The van der Waals surface area contributed by atoms with Crippen LogP contribution in [-0.2, 0) is 20.8 Å². The van der Waals surface area contributed by atoms with Crippen LogP contribution in [0.3, 0.4) is 0 Å². The molecule has 39 heavy (non-hydrogen) atoms. The van der Waals surface area contributed by atoms with Gasteiger partial charge in [0.1, 0.15) is 5.75 Å². The number of aryl methyl sites for hydroxylation is 1. The number of carboxylic acid groups (broad SMARTS) is 1. The van der Waals surface area contributed by atoms with Crippen molar-refractivity contribution in [3.8, 4) is 5.75 Å². The highest BCUT2D eigenvalue weighted by Crippen LogP contribution is 2.27. The molecule has 3 aromatic rings. The van der Waals surface area contributed by atoms with Gasteiger partial charge >= 0.3 is 12.0 Å². The summed E-state index contributed by atoms with van der Waals surface area (Å²) in [7, 11) is 3.03. The van der Waals surface area contributed by atoms with Gasteiger partial charge in [-0.05, 0) is 53.9 Å². The first-order valence-electron chi connectivity index (χ1n) is 12.2. The van der Waals surface area contributed by atoms with Crippen molar-refractivity contribution in [1.29, 1.82) is 0 Å². The van der Waals surface area contributed by atoms with Crippen LogP contribution in [-0.4, -0.2) is 48.0 Å². The van der Waals surface area contributed by atoms with Crippen molar-refractivity contribution in [2.24, 2.45) is 0 Å². The van der Waals surface area contributed by atoms with E-state index in [0.717, 1.165) is 5.56 Å². The number of benzene rings is 3. The van der Waals surface area contributed by atoms with E-state index in [2.05, 4.69) is 16.0 Å². The molecule has 204 valence electrons. The van der Waals surface area contributed by atoms with Gasteiger partial charge in [-0.3, -0.25) is 14.4 Å². The summed E-state index contributed by atoms with van der Waals surface area (Å²) in [5, 5.41) is 17.6. The van der Waals surface area contributed by atoms with Crippen LogP contribution in [0.25, 0.3) is 0 Å². The number of amides is 4. The fraction of sp³-hybridized carbons (Fsp3) is 0.241. The highest BCUT2D eigenvalue weighted by Gasteiger charge is 2.22. The first kappa shape index (κ1) is 28.7. The zero-order valence-corrected chi connectivity index (χ0v) is 22.3. The van der Waals surface area contributed by atoms with Gasteiger partial charge < -0.3 is 30.7 Å². The van der Waals surface area contributed by atoms with Crippen LogP contribution in [0.2, 0.25) is 0 Å². The van der Waals surface area contributed by atoms with E-state index in [0.29, 0.717) is 33.9 Å². The van der Waals surface area contributed by atoms with Crippen LogP contribution in [0.1, 0.15) is 36.1 Å². The van der Waals surface area contributed by atoms with Gasteiger partial charge in [-0.1, -0.05) is 36.4 Å². The standard InChI is InChI=1S/C29H32N4O6/c1-18-7-5-6-8-23(18)31-29(38)32-24-14-9-20(15-26(24)39-4)16-27(35)30-22-12-10-21(11-13-22)25(17-28(36)37)33(3)19(2)34/h5-15,25H,16-17H2,1-4H3,(H,30,35)(H,36,37)(H2,31,32,38). The molecular formula is C29H32N4O6. The number of anilines is 3. The molecule has 0 spiro atoms. The van der Waals surface area contributed by atoms with E-state index in [9.17, 15) is 24.3 Å². The minimum Gasteiger partial charge on any atom is -0.495 e. The number of ether oxygens (including phenoxy) is 1. The van der Waals surface area contributed by atoms with Crippen molar-refractivity contribution >= 4 is 40.9 Å². The number of urea groups is 1. The van der Waals surface area contributed by atoms with Gasteiger partial charge in [0.2, 0.25) is 11.8 Å². The quantitative estimate of drug-likeness (QED) is 0.295. The molecule has 4 amide bonds. The minimum atomic E-state index is -1.02. The highest BCUT2D eigenvalue weighted by molar-refractivity contribution is 6.01. The maximum Gasteiger partial charge on any atom is 0.323 e. The Bertz CT molecular complexity index is 1360. The van der Waals surface area contributed by atoms with Gasteiger partial charge in [-0.15, -0.1) is 0 Å². The van der Waals surface area contributed by atoms with Crippen LogP contribution in [0.5, 0.6) is 5.75 Å². The number of methoxy groups -OCH3 is 1. The number of aliphatic carboxylic acids is 1. The molecule has 1 atom stereocenters. The number of hydrogen-bond acceptors (Lipinski definition) is 5. The topological polar surface area (TPSA) is 137 Å². The molecule has 0 aliphatic heterocycles. The summed E-state index contributed by atoms with van der Waals surface area (Å²) in [6, 6.07) is 18.2. The summed E-state index contributed by atoms with van der Waals surface area (Å²) in [5.74, 6) is -1.13. The molecule has 0 saturated heterocycles. The number of nitrogens with zero attached hydrogens (tertiary/aromatic N) is 1. The van der Waals surface area contributed by atoms with E-state index >= 15 is 0 Å². The minimum absolute atomic E-state index is 0.0580. The van der Waals surface area contributed by atoms with E-state index in [1.807, 2.05) is 25.1 Å². The van der Waals surface area contributed by atoms with Gasteiger partial charge in [-0.2, -0.15) is 0 Å². The number of carbonyl (C=O) groups is 4. The van der Waals surface area contributed by atoms with E-state index in [4.69, 9.17) is 4.74 Å². The summed E-state index contributed by atoms with van der Waals surface area (Å²) >= 11 is 0. The maximum absolute atomic E-state index is 12.7. The normalized spacial score (nSPS) is 11.2. The van der Waals surface area contributed by atoms with Crippen LogP contribution >= 0.6 is 0 Å². The van der Waals surface area contributed by atoms with E-state index in [1.165, 1.54) is 18.9 Å². The largest absolute Gasteiger partial charge is 0.495 e. The predicted octanol–water partition coefficient (Wildman–Crippen LogP) is 4.82. The predicted molar refractivity (Wildman–Crippen MR) is 149 cm³/mol. The average molecular weight is 533 g/mol. The molecule has 0 heterocycles. The first-order valence-corrected chi connectivity index (χ1v) is 12.2. The van der Waals surface area contributed by atoms with Gasteiger partial charge in [-0.25, -0.2) is 4.79 Å². The Morgan fingerprint density at radius 2 is 1.59 bits per heavy atom. The lowest BCUT2D eigenvalue weighted by molar-refractivity contribution is -0.140. The lowest BCUT2D eigenvalue weighted by Crippen LogP contribution is -2.30. The summed E-state index contributed by atoms with van der Waals surface area (Å²) in [5.41, 5.74) is 3.93. The van der Waals surface area contributed by atoms with Gasteiger partial charge in [0.25, 0.3) is 0 Å². The second-order valence-electron chi connectivity index (χ2n) is 9.02.